The van der Waals surface area contributed by atoms with Crippen LogP contribution in [0.3, 0.4) is 0 Å². The zero-order chi connectivity index (χ0) is 56.9. The summed E-state index contributed by atoms with van der Waals surface area (Å²) in [4.78, 5) is 117. The summed E-state index contributed by atoms with van der Waals surface area (Å²) >= 11 is 0. The molecule has 1 heterocycles. The number of amides is 2. The number of benzene rings is 3. The van der Waals surface area contributed by atoms with Crippen LogP contribution in [0.15, 0.2) is 102 Å². The number of fused-ring (bicyclic) bond motifs is 5. The zero-order valence-corrected chi connectivity index (χ0v) is 45.9. The molecule has 3 aromatic rings. The highest BCUT2D eigenvalue weighted by Crippen LogP contribution is 2.66. The Hall–Kier alpha value is -6.64. The standard InChI is InChI=1S/C59H73N3O16/c1-35-43(76-55(71)51(77-47(68)26-25-46(67)62(9)28-30-73-29-27-61(7)8)49(39-21-15-11-16-22-39)60-54(70)40-23-17-12-18-24-40)33-59(72)41(31-42(65)38-19-13-10-14-20-38)52-57(6,44(66)32-45-58(52,34-74-45)78-37(3)64)53(69)50(75-36(2)63)48(35)56(59,4)5/h10-24,41,43-45,49-52,66,72H,25-34H2,1-9H3,(H,60,70)/t41-,43-,44?,45?,49?,50?,51+,52-,57?,58-,59-/m1/s1. The molecule has 420 valence electrons. The molecular weight excluding hydrogens is 1010 g/mol. The lowest BCUT2D eigenvalue weighted by Gasteiger charge is -2.68. The molecule has 19 nitrogen and oxygen atoms in total. The monoisotopic (exact) mass is 1080 g/mol. The van der Waals surface area contributed by atoms with Crippen LogP contribution in [0.5, 0.6) is 0 Å². The normalized spacial score (nSPS) is 27.7. The van der Waals surface area contributed by atoms with E-state index >= 15 is 9.59 Å². The van der Waals surface area contributed by atoms with Crippen LogP contribution < -0.4 is 5.32 Å². The third-order valence-corrected chi connectivity index (χ3v) is 16.4. The van der Waals surface area contributed by atoms with Gasteiger partial charge in [0, 0.05) is 88.0 Å². The van der Waals surface area contributed by atoms with Crippen molar-refractivity contribution >= 4 is 47.3 Å². The fraction of sp³-hybridized carbons (Fsp3) is 0.525. The second-order valence-corrected chi connectivity index (χ2v) is 22.0. The Bertz CT molecular complexity index is 2750. The van der Waals surface area contributed by atoms with Crippen LogP contribution in [0.4, 0.5) is 0 Å². The van der Waals surface area contributed by atoms with Gasteiger partial charge in [0.1, 0.15) is 18.2 Å². The fourth-order valence-electron chi connectivity index (χ4n) is 12.2. The Kier molecular flexibility index (Phi) is 18.3. The predicted molar refractivity (Wildman–Crippen MR) is 281 cm³/mol. The first-order valence-corrected chi connectivity index (χ1v) is 26.4. The molecule has 2 amide bonds. The largest absolute Gasteiger partial charge is 0.455 e. The molecule has 2 saturated carbocycles. The van der Waals surface area contributed by atoms with E-state index in [4.69, 9.17) is 28.4 Å². The number of aliphatic hydroxyl groups is 2. The van der Waals surface area contributed by atoms with Crippen molar-refractivity contribution in [2.24, 2.45) is 22.7 Å². The van der Waals surface area contributed by atoms with Crippen molar-refractivity contribution < 1.29 is 77.0 Å². The van der Waals surface area contributed by atoms with E-state index in [1.807, 2.05) is 19.0 Å². The molecule has 7 rings (SSSR count). The van der Waals surface area contributed by atoms with Gasteiger partial charge in [-0.1, -0.05) is 92.7 Å². The molecule has 3 N–H and O–H groups in total. The van der Waals surface area contributed by atoms with Gasteiger partial charge in [-0.15, -0.1) is 0 Å². The number of likely N-dealkylation sites (N-methyl/N-ethyl adjacent to an activating group) is 2. The van der Waals surface area contributed by atoms with Gasteiger partial charge in [0.15, 0.2) is 23.3 Å². The summed E-state index contributed by atoms with van der Waals surface area (Å²) < 4.78 is 36.3. The SMILES string of the molecule is CC(=O)OC1C(=O)C2(C)C(O)CC3OC[C@]3(OC(C)=O)[C@@H]2[C@@H](CC(=O)c2ccccc2)[C@]2(O)C[C@@H](OC(=O)[C@@H](OC(=O)CCC(=O)N(C)CCOCCN(C)C)C(NC(=O)c3ccccc3)c3ccccc3)C(C)=C1C2(C)C. The van der Waals surface area contributed by atoms with E-state index in [-0.39, 0.29) is 54.9 Å². The molecule has 0 aromatic heterocycles. The molecule has 5 unspecified atom stereocenters. The Morgan fingerprint density at radius 3 is 1.99 bits per heavy atom. The molecule has 3 aliphatic carbocycles. The molecule has 19 heteroatoms. The molecule has 0 radical (unpaired) electrons. The molecular formula is C59H73N3O16. The number of hydrogen-bond donors (Lipinski definition) is 3. The lowest BCUT2D eigenvalue weighted by molar-refractivity contribution is -0.339. The lowest BCUT2D eigenvalue weighted by atomic mass is 9.42. The Labute approximate surface area is 454 Å². The lowest BCUT2D eigenvalue weighted by Crippen LogP contribution is -2.80. The maximum atomic E-state index is 15.9. The van der Waals surface area contributed by atoms with Crippen molar-refractivity contribution in [3.05, 3.63) is 119 Å². The summed E-state index contributed by atoms with van der Waals surface area (Å²) in [5, 5.41) is 29.3. The van der Waals surface area contributed by atoms with E-state index in [2.05, 4.69) is 5.32 Å². The minimum Gasteiger partial charge on any atom is -0.455 e. The second-order valence-electron chi connectivity index (χ2n) is 22.0. The highest BCUT2D eigenvalue weighted by molar-refractivity contribution is 5.98. The number of nitrogens with one attached hydrogen (secondary N) is 1. The zero-order valence-electron chi connectivity index (χ0n) is 45.9. The molecule has 11 atom stereocenters. The van der Waals surface area contributed by atoms with Gasteiger partial charge in [0.05, 0.1) is 43.4 Å². The number of esters is 4. The average molecular weight is 1080 g/mol. The number of ketones is 2. The van der Waals surface area contributed by atoms with Crippen LogP contribution in [-0.4, -0.2) is 163 Å². The summed E-state index contributed by atoms with van der Waals surface area (Å²) in [6, 6.07) is 23.1. The van der Waals surface area contributed by atoms with E-state index in [0.29, 0.717) is 18.7 Å². The number of hydrogen-bond acceptors (Lipinski definition) is 17. The molecule has 4 aliphatic rings. The van der Waals surface area contributed by atoms with Crippen LogP contribution >= 0.6 is 0 Å². The van der Waals surface area contributed by atoms with Gasteiger partial charge in [0.25, 0.3) is 5.91 Å². The van der Waals surface area contributed by atoms with Crippen molar-refractivity contribution in [3.63, 3.8) is 0 Å². The molecule has 78 heavy (non-hydrogen) atoms. The van der Waals surface area contributed by atoms with E-state index in [1.165, 1.54) is 18.7 Å². The number of carbonyl (C=O) groups is 8. The van der Waals surface area contributed by atoms with Gasteiger partial charge in [-0.05, 0) is 56.8 Å². The van der Waals surface area contributed by atoms with Gasteiger partial charge in [-0.25, -0.2) is 4.79 Å². The number of carbonyl (C=O) groups excluding carboxylic acids is 8. The van der Waals surface area contributed by atoms with E-state index in [1.54, 1.807) is 119 Å². The highest BCUT2D eigenvalue weighted by Gasteiger charge is 2.77. The topological polar surface area (TPSA) is 251 Å². The maximum absolute atomic E-state index is 15.9. The van der Waals surface area contributed by atoms with Crippen LogP contribution in [-0.2, 0) is 57.2 Å². The predicted octanol–water partition coefficient (Wildman–Crippen LogP) is 4.77. The van der Waals surface area contributed by atoms with Gasteiger partial charge < -0.3 is 53.8 Å². The number of Topliss-reactive ketones (excluding diaryl/α,β-unsaturated/α-hetero) is 2. The van der Waals surface area contributed by atoms with Crippen molar-refractivity contribution in [3.8, 4) is 0 Å². The first kappa shape index (κ1) is 59.0. The summed E-state index contributed by atoms with van der Waals surface area (Å²) in [6.45, 7) is 9.86. The minimum atomic E-state index is -2.27. The van der Waals surface area contributed by atoms with E-state index in [9.17, 15) is 39.0 Å². The van der Waals surface area contributed by atoms with Gasteiger partial charge in [-0.3, -0.25) is 33.6 Å². The third-order valence-electron chi connectivity index (χ3n) is 16.4. The maximum Gasteiger partial charge on any atom is 0.350 e. The highest BCUT2D eigenvalue weighted by atomic mass is 16.6. The average Bonchev–Trinajstić information content (AvgIpc) is 1.51. The van der Waals surface area contributed by atoms with Crippen molar-refractivity contribution in [2.75, 3.05) is 54.1 Å². The molecule has 3 fully saturated rings. The van der Waals surface area contributed by atoms with Crippen molar-refractivity contribution in [1.29, 1.82) is 0 Å². The van der Waals surface area contributed by atoms with Gasteiger partial charge in [-0.2, -0.15) is 0 Å². The fourth-order valence-corrected chi connectivity index (χ4v) is 12.2. The summed E-state index contributed by atoms with van der Waals surface area (Å²) in [5.74, 6) is -9.05. The van der Waals surface area contributed by atoms with Crippen LogP contribution in [0.1, 0.15) is 106 Å². The number of ether oxygens (including phenoxy) is 6. The second kappa shape index (κ2) is 24.2. The van der Waals surface area contributed by atoms with E-state index < -0.39 is 137 Å². The van der Waals surface area contributed by atoms with Crippen LogP contribution in [0.25, 0.3) is 0 Å². The first-order valence-electron chi connectivity index (χ1n) is 26.4. The number of nitrogens with zero attached hydrogens (tertiary/aromatic N) is 2. The van der Waals surface area contributed by atoms with Crippen LogP contribution in [0.2, 0.25) is 0 Å². The first-order chi connectivity index (χ1) is 36.9. The summed E-state index contributed by atoms with van der Waals surface area (Å²) in [5.41, 5.74) is -6.67. The van der Waals surface area contributed by atoms with E-state index in [0.717, 1.165) is 6.92 Å². The molecule has 3 aromatic carbocycles. The van der Waals surface area contributed by atoms with Gasteiger partial charge in [0.2, 0.25) is 12.0 Å². The minimum absolute atomic E-state index is 0.0167. The van der Waals surface area contributed by atoms with Crippen LogP contribution in [0, 0.1) is 22.7 Å². The summed E-state index contributed by atoms with van der Waals surface area (Å²) in [6.07, 6.45) is -9.92. The molecule has 1 saturated heterocycles. The van der Waals surface area contributed by atoms with Crippen molar-refractivity contribution in [1.82, 2.24) is 15.1 Å². The molecule has 1 aliphatic heterocycles. The third kappa shape index (κ3) is 11.9. The Morgan fingerprint density at radius 2 is 1.41 bits per heavy atom. The smallest absolute Gasteiger partial charge is 0.350 e. The summed E-state index contributed by atoms with van der Waals surface area (Å²) in [7, 11) is 5.39. The van der Waals surface area contributed by atoms with Crippen molar-refractivity contribution in [2.45, 2.75) is 121 Å². The van der Waals surface area contributed by atoms with Gasteiger partial charge >= 0.3 is 23.9 Å². The molecule has 0 spiro atoms. The number of aliphatic hydroxyl groups excluding tert-OH is 1. The Morgan fingerprint density at radius 1 is 0.808 bits per heavy atom. The number of rotatable bonds is 21. The molecule has 2 bridgehead atoms. The Balaban J connectivity index is 1.34. The quantitative estimate of drug-likeness (QED) is 0.0427.